The maximum absolute atomic E-state index is 5.42. The van der Waals surface area contributed by atoms with Gasteiger partial charge in [0.1, 0.15) is 11.5 Å². The first-order valence-corrected chi connectivity index (χ1v) is 6.66. The van der Waals surface area contributed by atoms with E-state index in [-0.39, 0.29) is 0 Å². The normalized spacial score (nSPS) is 10.2. The second kappa shape index (κ2) is 6.33. The molecule has 0 aliphatic carbocycles. The maximum Gasteiger partial charge on any atom is 0.127 e. The molecule has 0 radical (unpaired) electrons. The molecule has 0 saturated carbocycles. The van der Waals surface area contributed by atoms with E-state index in [0.29, 0.717) is 0 Å². The molecule has 106 valence electrons. The van der Waals surface area contributed by atoms with Crippen LogP contribution in [0.2, 0.25) is 0 Å². The number of ether oxygens (including phenoxy) is 2. The zero-order chi connectivity index (χ0) is 14.5. The second-order valence-electron chi connectivity index (χ2n) is 4.80. The lowest BCUT2D eigenvalue weighted by atomic mass is 10.1. The smallest absolute Gasteiger partial charge is 0.127 e. The van der Waals surface area contributed by atoms with Gasteiger partial charge in [0.05, 0.1) is 14.2 Å². The Bertz CT molecular complexity index is 573. The lowest BCUT2D eigenvalue weighted by Crippen LogP contribution is -2.04. The van der Waals surface area contributed by atoms with Gasteiger partial charge in [0.25, 0.3) is 0 Å². The molecule has 3 nitrogen and oxygen atoms in total. The largest absolute Gasteiger partial charge is 0.497 e. The van der Waals surface area contributed by atoms with E-state index in [1.54, 1.807) is 14.2 Å². The highest BCUT2D eigenvalue weighted by Crippen LogP contribution is 2.26. The van der Waals surface area contributed by atoms with Gasteiger partial charge >= 0.3 is 0 Å². The molecule has 0 bridgehead atoms. The number of benzene rings is 2. The van der Waals surface area contributed by atoms with Crippen LogP contribution in [0, 0.1) is 13.8 Å². The van der Waals surface area contributed by atoms with Crippen LogP contribution in [-0.2, 0) is 6.54 Å². The molecule has 2 rings (SSSR count). The first kappa shape index (κ1) is 14.3. The Morgan fingerprint density at radius 2 is 1.65 bits per heavy atom. The Balaban J connectivity index is 2.19. The Labute approximate surface area is 120 Å². The fourth-order valence-electron chi connectivity index (χ4n) is 2.27. The highest BCUT2D eigenvalue weighted by atomic mass is 16.5. The van der Waals surface area contributed by atoms with Crippen LogP contribution in [0.25, 0.3) is 0 Å². The van der Waals surface area contributed by atoms with Crippen molar-refractivity contribution in [1.82, 2.24) is 0 Å². The SMILES string of the molecule is COc1ccc(CNc2c(C)cccc2C)c(OC)c1. The molecule has 1 N–H and O–H groups in total. The summed E-state index contributed by atoms with van der Waals surface area (Å²) in [4.78, 5) is 0. The Morgan fingerprint density at radius 3 is 2.25 bits per heavy atom. The topological polar surface area (TPSA) is 30.5 Å². The van der Waals surface area contributed by atoms with Gasteiger partial charge in [-0.15, -0.1) is 0 Å². The summed E-state index contributed by atoms with van der Waals surface area (Å²) in [5.74, 6) is 1.64. The van der Waals surface area contributed by atoms with E-state index in [9.17, 15) is 0 Å². The van der Waals surface area contributed by atoms with Crippen molar-refractivity contribution in [2.75, 3.05) is 19.5 Å². The molecule has 20 heavy (non-hydrogen) atoms. The van der Waals surface area contributed by atoms with Crippen LogP contribution in [0.5, 0.6) is 11.5 Å². The van der Waals surface area contributed by atoms with E-state index in [1.165, 1.54) is 16.8 Å². The van der Waals surface area contributed by atoms with Crippen LogP contribution in [0.15, 0.2) is 36.4 Å². The number of aryl methyl sites for hydroxylation is 2. The molecule has 2 aromatic rings. The van der Waals surface area contributed by atoms with Crippen LogP contribution >= 0.6 is 0 Å². The zero-order valence-electron chi connectivity index (χ0n) is 12.5. The fraction of sp³-hybridized carbons (Fsp3) is 0.294. The summed E-state index contributed by atoms with van der Waals surface area (Å²) in [7, 11) is 3.33. The van der Waals surface area contributed by atoms with Gasteiger partial charge in [0.15, 0.2) is 0 Å². The van der Waals surface area contributed by atoms with E-state index < -0.39 is 0 Å². The number of hydrogen-bond donors (Lipinski definition) is 1. The Hall–Kier alpha value is -2.16. The lowest BCUT2D eigenvalue weighted by molar-refractivity contribution is 0.391. The average Bonchev–Trinajstić information content (AvgIpc) is 2.46. The van der Waals surface area contributed by atoms with Crippen molar-refractivity contribution in [2.24, 2.45) is 0 Å². The number of anilines is 1. The first-order valence-electron chi connectivity index (χ1n) is 6.66. The molecular formula is C17H21NO2. The van der Waals surface area contributed by atoms with E-state index in [1.807, 2.05) is 18.2 Å². The lowest BCUT2D eigenvalue weighted by Gasteiger charge is -2.15. The summed E-state index contributed by atoms with van der Waals surface area (Å²) in [6.45, 7) is 4.94. The predicted octanol–water partition coefficient (Wildman–Crippen LogP) is 3.93. The second-order valence-corrected chi connectivity index (χ2v) is 4.80. The summed E-state index contributed by atoms with van der Waals surface area (Å²) in [5.41, 5.74) is 4.79. The molecule has 0 spiro atoms. The molecule has 0 aliphatic heterocycles. The maximum atomic E-state index is 5.42. The molecule has 2 aromatic carbocycles. The van der Waals surface area contributed by atoms with Crippen LogP contribution < -0.4 is 14.8 Å². The van der Waals surface area contributed by atoms with E-state index in [4.69, 9.17) is 9.47 Å². The van der Waals surface area contributed by atoms with Crippen LogP contribution in [-0.4, -0.2) is 14.2 Å². The van der Waals surface area contributed by atoms with Crippen LogP contribution in [0.4, 0.5) is 5.69 Å². The standard InChI is InChI=1S/C17H21NO2/c1-12-6-5-7-13(2)17(12)18-11-14-8-9-15(19-3)10-16(14)20-4/h5-10,18H,11H2,1-4H3. The van der Waals surface area contributed by atoms with Crippen LogP contribution in [0.1, 0.15) is 16.7 Å². The third-order valence-electron chi connectivity index (χ3n) is 3.43. The molecule has 3 heteroatoms. The summed E-state index contributed by atoms with van der Waals surface area (Å²) in [5, 5.41) is 3.49. The minimum Gasteiger partial charge on any atom is -0.497 e. The minimum absolute atomic E-state index is 0.721. The third-order valence-corrected chi connectivity index (χ3v) is 3.43. The van der Waals surface area contributed by atoms with E-state index in [0.717, 1.165) is 23.6 Å². The van der Waals surface area contributed by atoms with Gasteiger partial charge in [-0.05, 0) is 37.1 Å². The van der Waals surface area contributed by atoms with Gasteiger partial charge in [-0.1, -0.05) is 18.2 Å². The summed E-state index contributed by atoms with van der Waals surface area (Å²) >= 11 is 0. The summed E-state index contributed by atoms with van der Waals surface area (Å²) < 4.78 is 10.6. The third kappa shape index (κ3) is 3.05. The highest BCUT2D eigenvalue weighted by Gasteiger charge is 2.07. The van der Waals surface area contributed by atoms with Gasteiger partial charge in [-0.25, -0.2) is 0 Å². The van der Waals surface area contributed by atoms with Crippen molar-refractivity contribution < 1.29 is 9.47 Å². The number of para-hydroxylation sites is 1. The van der Waals surface area contributed by atoms with Crippen molar-refractivity contribution in [3.63, 3.8) is 0 Å². The Morgan fingerprint density at radius 1 is 0.950 bits per heavy atom. The molecule has 0 aromatic heterocycles. The van der Waals surface area contributed by atoms with Gasteiger partial charge in [-0.3, -0.25) is 0 Å². The van der Waals surface area contributed by atoms with Gasteiger partial charge in [-0.2, -0.15) is 0 Å². The van der Waals surface area contributed by atoms with Crippen molar-refractivity contribution in [2.45, 2.75) is 20.4 Å². The van der Waals surface area contributed by atoms with Gasteiger partial charge in [0, 0.05) is 23.9 Å². The van der Waals surface area contributed by atoms with Gasteiger partial charge in [0.2, 0.25) is 0 Å². The number of nitrogens with one attached hydrogen (secondary N) is 1. The molecule has 0 amide bonds. The first-order chi connectivity index (χ1) is 9.65. The fourth-order valence-corrected chi connectivity index (χ4v) is 2.27. The van der Waals surface area contributed by atoms with Crippen molar-refractivity contribution >= 4 is 5.69 Å². The molecule has 0 heterocycles. The summed E-state index contributed by atoms with van der Waals surface area (Å²) in [6, 6.07) is 12.2. The molecule has 0 aliphatic rings. The minimum atomic E-state index is 0.721. The number of methoxy groups -OCH3 is 2. The Kier molecular flexibility index (Phi) is 4.51. The van der Waals surface area contributed by atoms with E-state index in [2.05, 4.69) is 37.4 Å². The molecule has 0 saturated heterocycles. The van der Waals surface area contributed by atoms with Crippen molar-refractivity contribution in [1.29, 1.82) is 0 Å². The average molecular weight is 271 g/mol. The predicted molar refractivity (Wildman–Crippen MR) is 82.8 cm³/mol. The molecule has 0 unspecified atom stereocenters. The highest BCUT2D eigenvalue weighted by molar-refractivity contribution is 5.57. The molecule has 0 atom stereocenters. The zero-order valence-corrected chi connectivity index (χ0v) is 12.5. The number of rotatable bonds is 5. The van der Waals surface area contributed by atoms with Gasteiger partial charge < -0.3 is 14.8 Å². The molecule has 0 fully saturated rings. The van der Waals surface area contributed by atoms with Crippen LogP contribution in [0.3, 0.4) is 0 Å². The van der Waals surface area contributed by atoms with Crippen molar-refractivity contribution in [3.8, 4) is 11.5 Å². The summed E-state index contributed by atoms with van der Waals surface area (Å²) in [6.07, 6.45) is 0. The monoisotopic (exact) mass is 271 g/mol. The number of hydrogen-bond acceptors (Lipinski definition) is 3. The van der Waals surface area contributed by atoms with Crippen molar-refractivity contribution in [3.05, 3.63) is 53.1 Å². The molecular weight excluding hydrogens is 250 g/mol. The van der Waals surface area contributed by atoms with E-state index >= 15 is 0 Å². The quantitative estimate of drug-likeness (QED) is 0.893.